The van der Waals surface area contributed by atoms with Gasteiger partial charge in [0.1, 0.15) is 0 Å². The lowest BCUT2D eigenvalue weighted by Gasteiger charge is -1.97. The van der Waals surface area contributed by atoms with E-state index in [1.807, 2.05) is 0 Å². The minimum absolute atomic E-state index is 0.547. The number of aromatic nitrogens is 1. The van der Waals surface area contributed by atoms with Gasteiger partial charge in [0.25, 0.3) is 0 Å². The van der Waals surface area contributed by atoms with Crippen molar-refractivity contribution in [2.75, 3.05) is 0 Å². The van der Waals surface area contributed by atoms with E-state index >= 15 is 0 Å². The van der Waals surface area contributed by atoms with Crippen LogP contribution in [0.15, 0.2) is 42.5 Å². The Morgan fingerprint density at radius 3 is 2.56 bits per heavy atom. The maximum atomic E-state index is 3.49. The summed E-state index contributed by atoms with van der Waals surface area (Å²) in [5.41, 5.74) is 2.55. The zero-order chi connectivity index (χ0) is 11.1. The van der Waals surface area contributed by atoms with Gasteiger partial charge in [-0.2, -0.15) is 0 Å². The fraction of sp³-hybridized carbons (Fsp3) is 0.200. The van der Waals surface area contributed by atoms with Crippen molar-refractivity contribution in [1.82, 2.24) is 4.98 Å². The van der Waals surface area contributed by atoms with Gasteiger partial charge in [-0.3, -0.25) is 0 Å². The predicted octanol–water partition coefficient (Wildman–Crippen LogP) is 4.44. The molecule has 2 aromatic carbocycles. The number of rotatable bonds is 1. The highest BCUT2D eigenvalue weighted by Gasteiger charge is 2.06. The monoisotopic (exact) mass is 209 g/mol. The Kier molecular flexibility index (Phi) is 2.00. The van der Waals surface area contributed by atoms with Crippen molar-refractivity contribution in [3.05, 3.63) is 48.2 Å². The fourth-order valence-electron chi connectivity index (χ4n) is 2.22. The van der Waals surface area contributed by atoms with E-state index < -0.39 is 0 Å². The molecule has 16 heavy (non-hydrogen) atoms. The Labute approximate surface area is 95.1 Å². The van der Waals surface area contributed by atoms with Crippen molar-refractivity contribution in [1.29, 1.82) is 0 Å². The Morgan fingerprint density at radius 2 is 1.75 bits per heavy atom. The van der Waals surface area contributed by atoms with Crippen LogP contribution in [0.1, 0.15) is 25.5 Å². The van der Waals surface area contributed by atoms with Gasteiger partial charge in [0.05, 0.1) is 0 Å². The highest BCUT2D eigenvalue weighted by Crippen LogP contribution is 2.28. The van der Waals surface area contributed by atoms with E-state index in [0.29, 0.717) is 5.92 Å². The minimum Gasteiger partial charge on any atom is -0.358 e. The fourth-order valence-corrected chi connectivity index (χ4v) is 2.22. The molecule has 0 saturated heterocycles. The van der Waals surface area contributed by atoms with Crippen molar-refractivity contribution >= 4 is 21.7 Å². The van der Waals surface area contributed by atoms with Crippen molar-refractivity contribution in [2.45, 2.75) is 19.8 Å². The molecule has 1 heterocycles. The Morgan fingerprint density at radius 1 is 0.938 bits per heavy atom. The first-order valence-corrected chi connectivity index (χ1v) is 5.76. The Balaban J connectivity index is 2.41. The van der Waals surface area contributed by atoms with Crippen LogP contribution in [-0.2, 0) is 0 Å². The summed E-state index contributed by atoms with van der Waals surface area (Å²) in [6.07, 6.45) is 0. The van der Waals surface area contributed by atoms with Crippen molar-refractivity contribution < 1.29 is 0 Å². The molecule has 3 rings (SSSR count). The second-order valence-corrected chi connectivity index (χ2v) is 4.63. The van der Waals surface area contributed by atoms with Gasteiger partial charge in [0, 0.05) is 16.6 Å². The van der Waals surface area contributed by atoms with Crippen LogP contribution in [0.5, 0.6) is 0 Å². The van der Waals surface area contributed by atoms with Crippen LogP contribution in [0, 0.1) is 0 Å². The Bertz CT molecular complexity index is 647. The first-order chi connectivity index (χ1) is 7.75. The summed E-state index contributed by atoms with van der Waals surface area (Å²) >= 11 is 0. The number of H-pyrrole nitrogens is 1. The molecule has 80 valence electrons. The van der Waals surface area contributed by atoms with Gasteiger partial charge in [0.2, 0.25) is 0 Å². The summed E-state index contributed by atoms with van der Waals surface area (Å²) < 4.78 is 0. The molecule has 0 fully saturated rings. The van der Waals surface area contributed by atoms with Gasteiger partial charge in [-0.15, -0.1) is 0 Å². The molecule has 3 aromatic rings. The third-order valence-electron chi connectivity index (χ3n) is 3.17. The van der Waals surface area contributed by atoms with Crippen molar-refractivity contribution in [3.8, 4) is 0 Å². The molecule has 1 heteroatoms. The topological polar surface area (TPSA) is 15.8 Å². The molecule has 1 aromatic heterocycles. The molecule has 0 unspecified atom stereocenters. The molecule has 1 N–H and O–H groups in total. The second-order valence-electron chi connectivity index (χ2n) is 4.63. The summed E-state index contributed by atoms with van der Waals surface area (Å²) in [5, 5.41) is 3.98. The molecule has 0 radical (unpaired) electrons. The van der Waals surface area contributed by atoms with E-state index in [0.717, 1.165) is 0 Å². The summed E-state index contributed by atoms with van der Waals surface area (Å²) in [7, 11) is 0. The minimum atomic E-state index is 0.547. The second kappa shape index (κ2) is 3.38. The van der Waals surface area contributed by atoms with Crippen molar-refractivity contribution in [2.24, 2.45) is 0 Å². The zero-order valence-corrected chi connectivity index (χ0v) is 9.62. The number of benzene rings is 2. The zero-order valence-electron chi connectivity index (χ0n) is 9.62. The van der Waals surface area contributed by atoms with Gasteiger partial charge in [-0.05, 0) is 28.8 Å². The molecular formula is C15H15N. The number of nitrogens with one attached hydrogen (secondary N) is 1. The van der Waals surface area contributed by atoms with Crippen LogP contribution in [0.25, 0.3) is 21.7 Å². The summed E-state index contributed by atoms with van der Waals surface area (Å²) in [5.74, 6) is 0.547. The van der Waals surface area contributed by atoms with Gasteiger partial charge in [-0.25, -0.2) is 0 Å². The van der Waals surface area contributed by atoms with Crippen LogP contribution in [0.4, 0.5) is 0 Å². The van der Waals surface area contributed by atoms with Crippen LogP contribution in [0.2, 0.25) is 0 Å². The van der Waals surface area contributed by atoms with Crippen LogP contribution in [-0.4, -0.2) is 4.98 Å². The average Bonchev–Trinajstić information content (AvgIpc) is 2.73. The number of hydrogen-bond acceptors (Lipinski definition) is 0. The maximum absolute atomic E-state index is 3.49. The molecular weight excluding hydrogens is 194 g/mol. The number of fused-ring (bicyclic) bond motifs is 3. The first kappa shape index (κ1) is 9.46. The summed E-state index contributed by atoms with van der Waals surface area (Å²) in [4.78, 5) is 3.49. The maximum Gasteiger partial charge on any atom is 0.0462 e. The van der Waals surface area contributed by atoms with Crippen LogP contribution >= 0.6 is 0 Å². The number of aromatic amines is 1. The SMILES string of the molecule is CC(C)c1cc2c(ccc3ccccc32)[nH]1. The lowest BCUT2D eigenvalue weighted by molar-refractivity contribution is 0.836. The standard InChI is InChI=1S/C15H15N/c1-10(2)15-9-13-12-6-4-3-5-11(12)7-8-14(13)16-15/h3-10,16H,1-2H3. The molecule has 0 aliphatic rings. The predicted molar refractivity (Wildman–Crippen MR) is 69.9 cm³/mol. The van der Waals surface area contributed by atoms with Gasteiger partial charge < -0.3 is 4.98 Å². The van der Waals surface area contributed by atoms with Gasteiger partial charge in [-0.1, -0.05) is 44.2 Å². The summed E-state index contributed by atoms with van der Waals surface area (Å²) in [6, 6.07) is 15.2. The van der Waals surface area contributed by atoms with Gasteiger partial charge in [0.15, 0.2) is 0 Å². The normalized spacial score (nSPS) is 11.7. The molecule has 0 aliphatic carbocycles. The largest absolute Gasteiger partial charge is 0.358 e. The average molecular weight is 209 g/mol. The van der Waals surface area contributed by atoms with E-state index in [1.165, 1.54) is 27.4 Å². The molecule has 0 amide bonds. The number of hydrogen-bond donors (Lipinski definition) is 1. The molecule has 0 aliphatic heterocycles. The van der Waals surface area contributed by atoms with Gasteiger partial charge >= 0.3 is 0 Å². The molecule has 0 atom stereocenters. The van der Waals surface area contributed by atoms with Crippen molar-refractivity contribution in [3.63, 3.8) is 0 Å². The van der Waals surface area contributed by atoms with E-state index in [-0.39, 0.29) is 0 Å². The summed E-state index contributed by atoms with van der Waals surface area (Å²) in [6.45, 7) is 4.43. The molecule has 0 saturated carbocycles. The van der Waals surface area contributed by atoms with E-state index in [2.05, 4.69) is 61.3 Å². The highest BCUT2D eigenvalue weighted by molar-refractivity contribution is 6.06. The van der Waals surface area contributed by atoms with E-state index in [1.54, 1.807) is 0 Å². The molecule has 0 bridgehead atoms. The highest BCUT2D eigenvalue weighted by atomic mass is 14.7. The third kappa shape index (κ3) is 1.32. The van der Waals surface area contributed by atoms with E-state index in [9.17, 15) is 0 Å². The molecule has 1 nitrogen and oxygen atoms in total. The Hall–Kier alpha value is -1.76. The quantitative estimate of drug-likeness (QED) is 0.609. The van der Waals surface area contributed by atoms with Crippen LogP contribution in [0.3, 0.4) is 0 Å². The lowest BCUT2D eigenvalue weighted by atomic mass is 10.1. The van der Waals surface area contributed by atoms with Crippen LogP contribution < -0.4 is 0 Å². The third-order valence-corrected chi connectivity index (χ3v) is 3.17. The smallest absolute Gasteiger partial charge is 0.0462 e. The van der Waals surface area contributed by atoms with E-state index in [4.69, 9.17) is 0 Å². The first-order valence-electron chi connectivity index (χ1n) is 5.76. The lowest BCUT2D eigenvalue weighted by Crippen LogP contribution is -1.84. The molecule has 0 spiro atoms.